The van der Waals surface area contributed by atoms with Crippen molar-refractivity contribution in [2.45, 2.75) is 4.34 Å². The Balaban J connectivity index is 2.17. The van der Waals surface area contributed by atoms with Crippen LogP contribution in [0.5, 0.6) is 5.75 Å². The van der Waals surface area contributed by atoms with Crippen LogP contribution in [-0.4, -0.2) is 61.6 Å². The minimum absolute atomic E-state index is 0.207. The summed E-state index contributed by atoms with van der Waals surface area (Å²) in [6, 6.07) is 6.41. The minimum Gasteiger partial charge on any atom is -0.482 e. The second-order valence-electron chi connectivity index (χ2n) is 4.74. The van der Waals surface area contributed by atoms with Crippen LogP contribution >= 0.6 is 11.3 Å². The predicted molar refractivity (Wildman–Crippen MR) is 87.8 cm³/mol. The van der Waals surface area contributed by atoms with E-state index >= 15 is 0 Å². The molecule has 0 atom stereocenters. The molecule has 0 saturated heterocycles. The van der Waals surface area contributed by atoms with E-state index in [1.54, 1.807) is 38.4 Å². The van der Waals surface area contributed by atoms with Gasteiger partial charge in [-0.3, -0.25) is 0 Å². The lowest BCUT2D eigenvalue weighted by molar-refractivity contribution is -0.139. The molecule has 0 saturated carbocycles. The van der Waals surface area contributed by atoms with Crippen molar-refractivity contribution < 1.29 is 23.1 Å². The summed E-state index contributed by atoms with van der Waals surface area (Å²) in [5.41, 5.74) is 0.633. The summed E-state index contributed by atoms with van der Waals surface area (Å²) in [6.45, 7) is -0.440. The van der Waals surface area contributed by atoms with Crippen LogP contribution in [0.3, 0.4) is 0 Å². The molecular weight excluding hydrogens is 356 g/mol. The molecule has 24 heavy (non-hydrogen) atoms. The van der Waals surface area contributed by atoms with Crippen molar-refractivity contribution in [2.75, 3.05) is 20.7 Å². The molecule has 0 fully saturated rings. The molecular formula is C13H14N4O5S2. The molecule has 2 rings (SSSR count). The molecule has 0 aliphatic rings. The van der Waals surface area contributed by atoms with Gasteiger partial charge in [0.1, 0.15) is 17.1 Å². The number of sulfonamides is 1. The summed E-state index contributed by atoms with van der Waals surface area (Å²) in [5, 5.41) is 16.5. The summed E-state index contributed by atoms with van der Waals surface area (Å²) in [6.07, 6.45) is 1.17. The van der Waals surface area contributed by atoms with Crippen molar-refractivity contribution in [3.05, 3.63) is 24.3 Å². The van der Waals surface area contributed by atoms with Crippen LogP contribution in [0.4, 0.5) is 0 Å². The molecule has 128 valence electrons. The molecule has 1 aromatic heterocycles. The van der Waals surface area contributed by atoms with Crippen molar-refractivity contribution in [2.24, 2.45) is 4.40 Å². The van der Waals surface area contributed by atoms with Crippen LogP contribution in [-0.2, 0) is 14.8 Å². The molecule has 11 heteroatoms. The number of carboxylic acid groups (broad SMARTS) is 1. The summed E-state index contributed by atoms with van der Waals surface area (Å²) in [5.74, 6) is -0.689. The molecule has 0 unspecified atom stereocenters. The molecule has 1 N–H and O–H groups in total. The Morgan fingerprint density at radius 3 is 2.58 bits per heavy atom. The third-order valence-corrected chi connectivity index (χ3v) is 5.05. The van der Waals surface area contributed by atoms with Crippen molar-refractivity contribution >= 4 is 33.7 Å². The van der Waals surface area contributed by atoms with Gasteiger partial charge >= 0.3 is 16.0 Å². The van der Waals surface area contributed by atoms with Crippen molar-refractivity contribution in [3.8, 4) is 16.3 Å². The number of carbonyl (C=O) groups is 1. The molecule has 0 spiro atoms. The number of hydrogen-bond acceptors (Lipinski definition) is 7. The van der Waals surface area contributed by atoms with Crippen molar-refractivity contribution in [1.82, 2.24) is 15.1 Å². The number of hydrogen-bond donors (Lipinski definition) is 1. The summed E-state index contributed by atoms with van der Waals surface area (Å²) in [4.78, 5) is 11.9. The Bertz CT molecular complexity index is 844. The van der Waals surface area contributed by atoms with Crippen LogP contribution in [0, 0.1) is 0 Å². The summed E-state index contributed by atoms with van der Waals surface area (Å²) >= 11 is 0.891. The molecule has 0 aliphatic heterocycles. The zero-order valence-corrected chi connectivity index (χ0v) is 14.4. The van der Waals surface area contributed by atoms with Crippen LogP contribution in [0.1, 0.15) is 0 Å². The number of benzene rings is 1. The largest absolute Gasteiger partial charge is 0.482 e. The normalized spacial score (nSPS) is 11.6. The SMILES string of the molecule is CN(C)C=NS(=O)(=O)c1nnc(-c2ccc(OCC(=O)O)cc2)s1. The highest BCUT2D eigenvalue weighted by molar-refractivity contribution is 7.92. The Kier molecular flexibility index (Phi) is 5.46. The molecule has 9 nitrogen and oxygen atoms in total. The highest BCUT2D eigenvalue weighted by Crippen LogP contribution is 2.28. The van der Waals surface area contributed by atoms with Crippen LogP contribution in [0.15, 0.2) is 33.0 Å². The fraction of sp³-hybridized carbons (Fsp3) is 0.231. The van der Waals surface area contributed by atoms with Crippen LogP contribution in [0.25, 0.3) is 10.6 Å². The molecule has 2 aromatic rings. The van der Waals surface area contributed by atoms with Crippen LogP contribution < -0.4 is 4.74 Å². The Morgan fingerprint density at radius 1 is 1.33 bits per heavy atom. The van der Waals surface area contributed by atoms with Crippen LogP contribution in [0.2, 0.25) is 0 Å². The van der Waals surface area contributed by atoms with Gasteiger partial charge in [0.25, 0.3) is 4.34 Å². The van der Waals surface area contributed by atoms with E-state index in [9.17, 15) is 13.2 Å². The molecule has 0 aliphatic carbocycles. The Hall–Kier alpha value is -2.53. The number of rotatable bonds is 7. The van der Waals surface area contributed by atoms with E-state index in [2.05, 4.69) is 14.6 Å². The fourth-order valence-electron chi connectivity index (χ4n) is 1.47. The third kappa shape index (κ3) is 4.73. The highest BCUT2D eigenvalue weighted by Gasteiger charge is 2.19. The van der Waals surface area contributed by atoms with Gasteiger partial charge in [-0.25, -0.2) is 4.79 Å². The number of ether oxygens (including phenoxy) is 1. The molecule has 1 heterocycles. The Labute approximate surface area is 142 Å². The van der Waals surface area contributed by atoms with E-state index in [-0.39, 0.29) is 4.34 Å². The van der Waals surface area contributed by atoms with Crippen molar-refractivity contribution in [3.63, 3.8) is 0 Å². The maximum absolute atomic E-state index is 12.0. The van der Waals surface area contributed by atoms with E-state index < -0.39 is 22.6 Å². The van der Waals surface area contributed by atoms with Gasteiger partial charge in [-0.1, -0.05) is 11.3 Å². The second kappa shape index (κ2) is 7.36. The monoisotopic (exact) mass is 370 g/mol. The minimum atomic E-state index is -3.89. The first-order valence-corrected chi connectivity index (χ1v) is 8.79. The first-order valence-electron chi connectivity index (χ1n) is 6.53. The number of nitrogens with zero attached hydrogens (tertiary/aromatic N) is 4. The molecule has 0 radical (unpaired) electrons. The second-order valence-corrected chi connectivity index (χ2v) is 7.52. The maximum Gasteiger partial charge on any atom is 0.341 e. The van der Waals surface area contributed by atoms with E-state index in [1.165, 1.54) is 11.2 Å². The third-order valence-electron chi connectivity index (χ3n) is 2.51. The standard InChI is InChI=1S/C13H14N4O5S2/c1-17(2)8-14-24(20,21)13-16-15-12(23-13)9-3-5-10(6-4-9)22-7-11(18)19/h3-6,8H,7H2,1-2H3,(H,18,19). The summed E-state index contributed by atoms with van der Waals surface area (Å²) in [7, 11) is -0.583. The average Bonchev–Trinajstić information content (AvgIpc) is 3.02. The first-order chi connectivity index (χ1) is 11.3. The van der Waals surface area contributed by atoms with Gasteiger partial charge in [0, 0.05) is 19.7 Å². The Morgan fingerprint density at radius 2 is 2.00 bits per heavy atom. The van der Waals surface area contributed by atoms with Gasteiger partial charge in [-0.15, -0.1) is 14.6 Å². The molecule has 0 amide bonds. The highest BCUT2D eigenvalue weighted by atomic mass is 32.2. The smallest absolute Gasteiger partial charge is 0.341 e. The number of carboxylic acids is 1. The lowest BCUT2D eigenvalue weighted by Gasteiger charge is -2.03. The van der Waals surface area contributed by atoms with Gasteiger partial charge < -0.3 is 14.7 Å². The van der Waals surface area contributed by atoms with Gasteiger partial charge in [-0.2, -0.15) is 8.42 Å². The summed E-state index contributed by atoms with van der Waals surface area (Å²) < 4.78 is 32.3. The van der Waals surface area contributed by atoms with Crippen molar-refractivity contribution in [1.29, 1.82) is 0 Å². The number of aromatic nitrogens is 2. The lowest BCUT2D eigenvalue weighted by Crippen LogP contribution is -2.10. The van der Waals surface area contributed by atoms with Gasteiger partial charge in [-0.05, 0) is 24.3 Å². The van der Waals surface area contributed by atoms with Gasteiger partial charge in [0.2, 0.25) is 0 Å². The van der Waals surface area contributed by atoms with E-state index in [0.29, 0.717) is 16.3 Å². The average molecular weight is 370 g/mol. The van der Waals surface area contributed by atoms with Gasteiger partial charge in [0.05, 0.1) is 0 Å². The van der Waals surface area contributed by atoms with E-state index in [4.69, 9.17) is 9.84 Å². The zero-order valence-electron chi connectivity index (χ0n) is 12.8. The number of aliphatic carboxylic acids is 1. The molecule has 1 aromatic carbocycles. The van der Waals surface area contributed by atoms with Gasteiger partial charge in [0.15, 0.2) is 6.61 Å². The zero-order chi connectivity index (χ0) is 17.7. The molecule has 0 bridgehead atoms. The first kappa shape index (κ1) is 17.8. The van der Waals surface area contributed by atoms with E-state index in [0.717, 1.165) is 11.3 Å². The maximum atomic E-state index is 12.0. The fourth-order valence-corrected chi connectivity index (χ4v) is 3.39. The topological polar surface area (TPSA) is 122 Å². The lowest BCUT2D eigenvalue weighted by atomic mass is 10.2. The predicted octanol–water partition coefficient (Wildman–Crippen LogP) is 0.947. The quantitative estimate of drug-likeness (QED) is 0.564. The van der Waals surface area contributed by atoms with E-state index in [1.807, 2.05) is 0 Å².